The Morgan fingerprint density at radius 2 is 2.19 bits per heavy atom. The van der Waals surface area contributed by atoms with Crippen LogP contribution in [-0.2, 0) is 6.42 Å². The molecule has 88 valence electrons. The van der Waals surface area contributed by atoms with E-state index >= 15 is 0 Å². The highest BCUT2D eigenvalue weighted by atomic mass is 15.1. The Hall–Kier alpha value is -0.980. The Balaban J connectivity index is 2.09. The van der Waals surface area contributed by atoms with Crippen LogP contribution in [0.15, 0.2) is 24.3 Å². The van der Waals surface area contributed by atoms with E-state index in [1.165, 1.54) is 37.2 Å². The lowest BCUT2D eigenvalue weighted by Gasteiger charge is -2.19. The lowest BCUT2D eigenvalue weighted by Crippen LogP contribution is -2.19. The number of nitrogens with zero attached hydrogens (tertiary/aromatic N) is 1. The predicted octanol–water partition coefficient (Wildman–Crippen LogP) is 3.73. The van der Waals surface area contributed by atoms with Gasteiger partial charge in [0.25, 0.3) is 0 Å². The maximum atomic E-state index is 2.52. The van der Waals surface area contributed by atoms with Crippen molar-refractivity contribution in [3.05, 3.63) is 29.8 Å². The zero-order valence-corrected chi connectivity index (χ0v) is 10.7. The average molecular weight is 217 g/mol. The first-order valence-electron chi connectivity index (χ1n) is 6.49. The van der Waals surface area contributed by atoms with Crippen molar-refractivity contribution >= 4 is 5.69 Å². The molecular weight excluding hydrogens is 194 g/mol. The quantitative estimate of drug-likeness (QED) is 0.745. The van der Waals surface area contributed by atoms with Gasteiger partial charge in [0.15, 0.2) is 0 Å². The summed E-state index contributed by atoms with van der Waals surface area (Å²) in [6, 6.07) is 9.08. The first-order chi connectivity index (χ1) is 7.65. The van der Waals surface area contributed by atoms with Gasteiger partial charge in [-0.25, -0.2) is 0 Å². The van der Waals surface area contributed by atoms with Gasteiger partial charge in [0.1, 0.15) is 0 Å². The van der Waals surface area contributed by atoms with Gasteiger partial charge in [0, 0.05) is 18.8 Å². The van der Waals surface area contributed by atoms with Crippen LogP contribution in [0.2, 0.25) is 0 Å². The molecule has 1 heterocycles. The van der Waals surface area contributed by atoms with E-state index in [1.54, 1.807) is 0 Å². The molecule has 1 nitrogen and oxygen atoms in total. The maximum absolute atomic E-state index is 2.52. The van der Waals surface area contributed by atoms with Crippen molar-refractivity contribution in [3.8, 4) is 0 Å². The van der Waals surface area contributed by atoms with Gasteiger partial charge in [-0.2, -0.15) is 0 Å². The van der Waals surface area contributed by atoms with E-state index < -0.39 is 0 Å². The molecule has 1 unspecified atom stereocenters. The molecule has 0 spiro atoms. The molecule has 1 aromatic carbocycles. The minimum atomic E-state index is 0.743. The molecule has 1 atom stereocenters. The summed E-state index contributed by atoms with van der Waals surface area (Å²) in [7, 11) is 0. The molecule has 2 rings (SSSR count). The summed E-state index contributed by atoms with van der Waals surface area (Å²) >= 11 is 0. The third kappa shape index (κ3) is 2.78. The summed E-state index contributed by atoms with van der Waals surface area (Å²) in [6.45, 7) is 9.37. The highest BCUT2D eigenvalue weighted by molar-refractivity contribution is 5.49. The van der Waals surface area contributed by atoms with E-state index in [9.17, 15) is 0 Å². The Morgan fingerprint density at radius 1 is 1.38 bits per heavy atom. The molecule has 0 aromatic heterocycles. The van der Waals surface area contributed by atoms with E-state index in [4.69, 9.17) is 0 Å². The van der Waals surface area contributed by atoms with Crippen molar-refractivity contribution in [3.63, 3.8) is 0 Å². The van der Waals surface area contributed by atoms with Crippen LogP contribution in [-0.4, -0.2) is 13.1 Å². The normalized spacial score (nSPS) is 20.8. The van der Waals surface area contributed by atoms with Crippen molar-refractivity contribution in [1.29, 1.82) is 0 Å². The lowest BCUT2D eigenvalue weighted by molar-refractivity contribution is 0.646. The first-order valence-corrected chi connectivity index (χ1v) is 6.49. The van der Waals surface area contributed by atoms with Crippen LogP contribution >= 0.6 is 0 Å². The number of benzene rings is 1. The molecular formula is C15H23N. The van der Waals surface area contributed by atoms with Crippen LogP contribution in [0.1, 0.15) is 32.8 Å². The number of hydrogen-bond donors (Lipinski definition) is 0. The standard InChI is InChI=1S/C15H23N/c1-12(2)9-14-5-4-6-15(10-14)16-8-7-13(3)11-16/h4-6,10,12-13H,7-9,11H2,1-3H3. The molecule has 0 radical (unpaired) electrons. The van der Waals surface area contributed by atoms with Crippen LogP contribution < -0.4 is 4.90 Å². The fraction of sp³-hybridized carbons (Fsp3) is 0.600. The molecule has 1 heteroatoms. The monoisotopic (exact) mass is 217 g/mol. The second-order valence-electron chi connectivity index (χ2n) is 5.61. The lowest BCUT2D eigenvalue weighted by atomic mass is 10.0. The SMILES string of the molecule is CC(C)Cc1cccc(N2CCC(C)C2)c1. The molecule has 0 aliphatic carbocycles. The zero-order valence-electron chi connectivity index (χ0n) is 10.7. The summed E-state index contributed by atoms with van der Waals surface area (Å²) < 4.78 is 0. The second kappa shape index (κ2) is 4.90. The highest BCUT2D eigenvalue weighted by Gasteiger charge is 2.18. The fourth-order valence-electron chi connectivity index (χ4n) is 2.52. The minimum absolute atomic E-state index is 0.743. The molecule has 1 aromatic rings. The van der Waals surface area contributed by atoms with Gasteiger partial charge in [-0.1, -0.05) is 32.9 Å². The molecule has 1 aliphatic rings. The average Bonchev–Trinajstić information content (AvgIpc) is 2.64. The molecule has 0 bridgehead atoms. The van der Waals surface area contributed by atoms with E-state index in [-0.39, 0.29) is 0 Å². The van der Waals surface area contributed by atoms with Crippen LogP contribution in [0, 0.1) is 11.8 Å². The van der Waals surface area contributed by atoms with Gasteiger partial charge < -0.3 is 4.90 Å². The van der Waals surface area contributed by atoms with Gasteiger partial charge in [0.05, 0.1) is 0 Å². The van der Waals surface area contributed by atoms with Gasteiger partial charge in [0.2, 0.25) is 0 Å². The largest absolute Gasteiger partial charge is 0.371 e. The van der Waals surface area contributed by atoms with E-state index in [2.05, 4.69) is 49.9 Å². The second-order valence-corrected chi connectivity index (χ2v) is 5.61. The number of anilines is 1. The van der Waals surface area contributed by atoms with Gasteiger partial charge >= 0.3 is 0 Å². The van der Waals surface area contributed by atoms with Gasteiger partial charge in [-0.3, -0.25) is 0 Å². The smallest absolute Gasteiger partial charge is 0.0369 e. The van der Waals surface area contributed by atoms with E-state index in [0.29, 0.717) is 0 Å². The van der Waals surface area contributed by atoms with Crippen LogP contribution in [0.5, 0.6) is 0 Å². The van der Waals surface area contributed by atoms with E-state index in [1.807, 2.05) is 0 Å². The molecule has 0 amide bonds. The third-order valence-electron chi connectivity index (χ3n) is 3.34. The van der Waals surface area contributed by atoms with Crippen molar-refractivity contribution in [2.45, 2.75) is 33.6 Å². The van der Waals surface area contributed by atoms with Crippen molar-refractivity contribution in [2.75, 3.05) is 18.0 Å². The summed E-state index contributed by atoms with van der Waals surface area (Å²) in [5.74, 6) is 1.60. The molecule has 1 fully saturated rings. The molecule has 16 heavy (non-hydrogen) atoms. The third-order valence-corrected chi connectivity index (χ3v) is 3.34. The Morgan fingerprint density at radius 3 is 2.81 bits per heavy atom. The van der Waals surface area contributed by atoms with E-state index in [0.717, 1.165) is 11.8 Å². The van der Waals surface area contributed by atoms with Crippen molar-refractivity contribution in [2.24, 2.45) is 11.8 Å². The Kier molecular flexibility index (Phi) is 3.52. The molecule has 1 saturated heterocycles. The Labute approximate surface area is 99.5 Å². The first kappa shape index (κ1) is 11.5. The molecule has 1 aliphatic heterocycles. The van der Waals surface area contributed by atoms with Crippen LogP contribution in [0.3, 0.4) is 0 Å². The summed E-state index contributed by atoms with van der Waals surface area (Å²) in [4.78, 5) is 2.52. The number of rotatable bonds is 3. The minimum Gasteiger partial charge on any atom is -0.371 e. The highest BCUT2D eigenvalue weighted by Crippen LogP contribution is 2.24. The van der Waals surface area contributed by atoms with Crippen LogP contribution in [0.4, 0.5) is 5.69 Å². The predicted molar refractivity (Wildman–Crippen MR) is 71.0 cm³/mol. The van der Waals surface area contributed by atoms with Crippen molar-refractivity contribution < 1.29 is 0 Å². The number of hydrogen-bond acceptors (Lipinski definition) is 1. The summed E-state index contributed by atoms with van der Waals surface area (Å²) in [5.41, 5.74) is 2.90. The maximum Gasteiger partial charge on any atom is 0.0369 e. The van der Waals surface area contributed by atoms with Gasteiger partial charge in [-0.15, -0.1) is 0 Å². The van der Waals surface area contributed by atoms with Crippen molar-refractivity contribution in [1.82, 2.24) is 0 Å². The zero-order chi connectivity index (χ0) is 11.5. The fourth-order valence-corrected chi connectivity index (χ4v) is 2.52. The Bertz CT molecular complexity index is 343. The van der Waals surface area contributed by atoms with Crippen LogP contribution in [0.25, 0.3) is 0 Å². The molecule has 0 saturated carbocycles. The summed E-state index contributed by atoms with van der Waals surface area (Å²) in [6.07, 6.45) is 2.53. The topological polar surface area (TPSA) is 3.24 Å². The van der Waals surface area contributed by atoms with Gasteiger partial charge in [-0.05, 0) is 42.4 Å². The molecule has 0 N–H and O–H groups in total. The summed E-state index contributed by atoms with van der Waals surface area (Å²) in [5, 5.41) is 0.